The number of benzene rings is 2. The van der Waals surface area contributed by atoms with Crippen molar-refractivity contribution in [2.24, 2.45) is 0 Å². The van der Waals surface area contributed by atoms with Crippen LogP contribution in [0.25, 0.3) is 0 Å². The van der Waals surface area contributed by atoms with Crippen LogP contribution in [0.5, 0.6) is 0 Å². The molecule has 1 amide bonds. The predicted molar refractivity (Wildman–Crippen MR) is 106 cm³/mol. The Bertz CT molecular complexity index is 976. The molecule has 0 unspecified atom stereocenters. The normalized spacial score (nSPS) is 10.5. The number of aromatic nitrogens is 2. The van der Waals surface area contributed by atoms with Gasteiger partial charge in [-0.05, 0) is 43.7 Å². The molecule has 3 rings (SSSR count). The molecule has 0 saturated carbocycles. The number of aryl methyl sites for hydroxylation is 2. The SMILES string of the molecule is Cc1ccc(NC(=O)c2ccnc(Nc3cccc(Cl)c3Cl)n2)c(C)c1. The van der Waals surface area contributed by atoms with E-state index in [2.05, 4.69) is 20.6 Å². The zero-order valence-corrected chi connectivity index (χ0v) is 15.7. The molecule has 132 valence electrons. The fourth-order valence-electron chi connectivity index (χ4n) is 2.41. The van der Waals surface area contributed by atoms with Gasteiger partial charge in [-0.15, -0.1) is 0 Å². The van der Waals surface area contributed by atoms with Crippen LogP contribution in [0.15, 0.2) is 48.7 Å². The minimum absolute atomic E-state index is 0.237. The number of hydrogen-bond donors (Lipinski definition) is 2. The fraction of sp³-hybridized carbons (Fsp3) is 0.105. The Kier molecular flexibility index (Phi) is 5.40. The zero-order valence-electron chi connectivity index (χ0n) is 14.2. The average Bonchev–Trinajstić information content (AvgIpc) is 2.61. The van der Waals surface area contributed by atoms with Gasteiger partial charge >= 0.3 is 0 Å². The minimum atomic E-state index is -0.320. The molecule has 0 bridgehead atoms. The maximum atomic E-state index is 12.5. The van der Waals surface area contributed by atoms with Crippen LogP contribution in [0, 0.1) is 13.8 Å². The molecule has 0 atom stereocenters. The van der Waals surface area contributed by atoms with E-state index in [0.717, 1.165) is 16.8 Å². The number of carbonyl (C=O) groups excluding carboxylic acids is 1. The first kappa shape index (κ1) is 18.2. The van der Waals surface area contributed by atoms with Crippen molar-refractivity contribution in [3.63, 3.8) is 0 Å². The number of hydrogen-bond acceptors (Lipinski definition) is 4. The maximum Gasteiger partial charge on any atom is 0.274 e. The Balaban J connectivity index is 1.80. The van der Waals surface area contributed by atoms with Crippen LogP contribution in [-0.2, 0) is 0 Å². The fourth-order valence-corrected chi connectivity index (χ4v) is 2.75. The van der Waals surface area contributed by atoms with Gasteiger partial charge in [-0.25, -0.2) is 9.97 Å². The number of carbonyl (C=O) groups is 1. The average molecular weight is 387 g/mol. The largest absolute Gasteiger partial charge is 0.323 e. The summed E-state index contributed by atoms with van der Waals surface area (Å²) in [6.07, 6.45) is 1.50. The Morgan fingerprint density at radius 1 is 1.04 bits per heavy atom. The number of nitrogens with zero attached hydrogens (tertiary/aromatic N) is 2. The number of halogens is 2. The number of rotatable bonds is 4. The third-order valence-corrected chi connectivity index (χ3v) is 4.54. The van der Waals surface area contributed by atoms with Crippen LogP contribution in [-0.4, -0.2) is 15.9 Å². The van der Waals surface area contributed by atoms with Gasteiger partial charge in [0.25, 0.3) is 5.91 Å². The summed E-state index contributed by atoms with van der Waals surface area (Å²) in [6.45, 7) is 3.94. The van der Waals surface area contributed by atoms with Gasteiger partial charge in [-0.1, -0.05) is 47.0 Å². The molecule has 7 heteroatoms. The molecule has 0 spiro atoms. The van der Waals surface area contributed by atoms with Crippen molar-refractivity contribution >= 4 is 46.4 Å². The van der Waals surface area contributed by atoms with Gasteiger partial charge in [0.2, 0.25) is 5.95 Å². The highest BCUT2D eigenvalue weighted by atomic mass is 35.5. The molecule has 0 radical (unpaired) electrons. The maximum absolute atomic E-state index is 12.5. The molecule has 1 heterocycles. The second-order valence-corrected chi connectivity index (χ2v) is 6.55. The molecule has 26 heavy (non-hydrogen) atoms. The van der Waals surface area contributed by atoms with Crippen LogP contribution in [0.4, 0.5) is 17.3 Å². The lowest BCUT2D eigenvalue weighted by atomic mass is 10.1. The van der Waals surface area contributed by atoms with Gasteiger partial charge < -0.3 is 10.6 Å². The van der Waals surface area contributed by atoms with Crippen LogP contribution in [0.1, 0.15) is 21.6 Å². The Morgan fingerprint density at radius 2 is 1.85 bits per heavy atom. The summed E-state index contributed by atoms with van der Waals surface area (Å²) in [4.78, 5) is 20.9. The lowest BCUT2D eigenvalue weighted by Gasteiger charge is -2.10. The van der Waals surface area contributed by atoms with Crippen molar-refractivity contribution in [1.29, 1.82) is 0 Å². The number of anilines is 3. The quantitative estimate of drug-likeness (QED) is 0.629. The Hall–Kier alpha value is -2.63. The lowest BCUT2D eigenvalue weighted by Crippen LogP contribution is -2.15. The summed E-state index contributed by atoms with van der Waals surface area (Å²) in [7, 11) is 0. The van der Waals surface area contributed by atoms with E-state index in [1.165, 1.54) is 6.20 Å². The smallest absolute Gasteiger partial charge is 0.274 e. The number of amides is 1. The van der Waals surface area contributed by atoms with Crippen molar-refractivity contribution in [3.05, 3.63) is 75.5 Å². The van der Waals surface area contributed by atoms with Crippen molar-refractivity contribution in [2.75, 3.05) is 10.6 Å². The van der Waals surface area contributed by atoms with Gasteiger partial charge in [-0.2, -0.15) is 0 Å². The van der Waals surface area contributed by atoms with E-state index in [-0.39, 0.29) is 17.5 Å². The van der Waals surface area contributed by atoms with Gasteiger partial charge in [0.05, 0.1) is 15.7 Å². The molecule has 0 fully saturated rings. The summed E-state index contributed by atoms with van der Waals surface area (Å²) in [5.74, 6) is -0.0676. The van der Waals surface area contributed by atoms with Gasteiger partial charge in [-0.3, -0.25) is 4.79 Å². The molecule has 2 aromatic carbocycles. The molecule has 1 aromatic heterocycles. The molecular formula is C19H16Cl2N4O. The highest BCUT2D eigenvalue weighted by molar-refractivity contribution is 6.43. The summed E-state index contributed by atoms with van der Waals surface area (Å²) in [5, 5.41) is 6.61. The standard InChI is InChI=1S/C19H16Cl2N4O/c1-11-6-7-14(12(2)10-11)23-18(26)16-8-9-22-19(25-16)24-15-5-3-4-13(20)17(15)21/h3-10H,1-2H3,(H,23,26)(H,22,24,25). The monoisotopic (exact) mass is 386 g/mol. The van der Waals surface area contributed by atoms with Crippen LogP contribution >= 0.6 is 23.2 Å². The second-order valence-electron chi connectivity index (χ2n) is 5.76. The third kappa shape index (κ3) is 4.12. The lowest BCUT2D eigenvalue weighted by molar-refractivity contribution is 0.102. The topological polar surface area (TPSA) is 66.9 Å². The van der Waals surface area contributed by atoms with Crippen molar-refractivity contribution < 1.29 is 4.79 Å². The molecule has 0 aliphatic carbocycles. The van der Waals surface area contributed by atoms with Crippen molar-refractivity contribution in [1.82, 2.24) is 9.97 Å². The van der Waals surface area contributed by atoms with Crippen LogP contribution in [0.2, 0.25) is 10.0 Å². The highest BCUT2D eigenvalue weighted by Crippen LogP contribution is 2.30. The van der Waals surface area contributed by atoms with Gasteiger partial charge in [0.15, 0.2) is 0 Å². The van der Waals surface area contributed by atoms with Crippen molar-refractivity contribution in [2.45, 2.75) is 13.8 Å². The van der Waals surface area contributed by atoms with E-state index in [9.17, 15) is 4.79 Å². The summed E-state index contributed by atoms with van der Waals surface area (Å²) in [6, 6.07) is 12.6. The molecule has 3 aromatic rings. The zero-order chi connectivity index (χ0) is 18.7. The van der Waals surface area contributed by atoms with E-state index in [1.807, 2.05) is 32.0 Å². The highest BCUT2D eigenvalue weighted by Gasteiger charge is 2.12. The molecule has 2 N–H and O–H groups in total. The molecule has 5 nitrogen and oxygen atoms in total. The summed E-state index contributed by atoms with van der Waals surface area (Å²) < 4.78 is 0. The second kappa shape index (κ2) is 7.72. The summed E-state index contributed by atoms with van der Waals surface area (Å²) >= 11 is 12.2. The van der Waals surface area contributed by atoms with Crippen molar-refractivity contribution in [3.8, 4) is 0 Å². The van der Waals surface area contributed by atoms with Crippen LogP contribution < -0.4 is 10.6 Å². The number of nitrogens with one attached hydrogen (secondary N) is 2. The van der Waals surface area contributed by atoms with Gasteiger partial charge in [0, 0.05) is 11.9 Å². The summed E-state index contributed by atoms with van der Waals surface area (Å²) in [5.41, 5.74) is 3.65. The molecule has 0 saturated heterocycles. The molecule has 0 aliphatic heterocycles. The van der Waals surface area contributed by atoms with E-state index >= 15 is 0 Å². The first-order valence-electron chi connectivity index (χ1n) is 7.87. The van der Waals surface area contributed by atoms with Gasteiger partial charge in [0.1, 0.15) is 5.69 Å². The Labute approximate surface area is 161 Å². The van der Waals surface area contributed by atoms with E-state index in [0.29, 0.717) is 15.7 Å². The predicted octanol–water partition coefficient (Wildman–Crippen LogP) is 5.40. The molecule has 0 aliphatic rings. The first-order valence-corrected chi connectivity index (χ1v) is 8.62. The minimum Gasteiger partial charge on any atom is -0.323 e. The van der Waals surface area contributed by atoms with E-state index in [4.69, 9.17) is 23.2 Å². The van der Waals surface area contributed by atoms with E-state index in [1.54, 1.807) is 24.3 Å². The third-order valence-electron chi connectivity index (χ3n) is 3.72. The Morgan fingerprint density at radius 3 is 2.62 bits per heavy atom. The molecular weight excluding hydrogens is 371 g/mol. The van der Waals surface area contributed by atoms with Crippen LogP contribution in [0.3, 0.4) is 0 Å². The first-order chi connectivity index (χ1) is 12.4. The van der Waals surface area contributed by atoms with E-state index < -0.39 is 0 Å².